The molecule has 152 valence electrons. The minimum atomic E-state index is -3.60. The third-order valence-electron chi connectivity index (χ3n) is 4.60. The van der Waals surface area contributed by atoms with E-state index in [9.17, 15) is 13.2 Å². The van der Waals surface area contributed by atoms with Crippen LogP contribution in [0.25, 0.3) is 21.5 Å². The van der Waals surface area contributed by atoms with Gasteiger partial charge in [0.2, 0.25) is 10.0 Å². The van der Waals surface area contributed by atoms with Gasteiger partial charge in [-0.25, -0.2) is 17.7 Å². The number of para-hydroxylation sites is 1. The van der Waals surface area contributed by atoms with Crippen molar-refractivity contribution in [1.82, 2.24) is 9.29 Å². The number of nitrogens with one attached hydrogen (secondary N) is 1. The number of carbonyl (C=O) groups is 1. The molecular formula is C22H19N3O3S2. The molecule has 0 saturated carbocycles. The van der Waals surface area contributed by atoms with Gasteiger partial charge < -0.3 is 5.32 Å². The van der Waals surface area contributed by atoms with E-state index in [1.54, 1.807) is 29.5 Å². The Morgan fingerprint density at radius 3 is 2.53 bits per heavy atom. The van der Waals surface area contributed by atoms with Gasteiger partial charge in [-0.05, 0) is 41.8 Å². The number of nitrogens with zero attached hydrogens (tertiary/aromatic N) is 2. The Morgan fingerprint density at radius 1 is 1.00 bits per heavy atom. The first-order chi connectivity index (χ1) is 14.4. The van der Waals surface area contributed by atoms with E-state index in [-0.39, 0.29) is 10.8 Å². The van der Waals surface area contributed by atoms with E-state index in [2.05, 4.69) is 10.3 Å². The normalized spacial score (nSPS) is 11.7. The van der Waals surface area contributed by atoms with Crippen molar-refractivity contribution in [2.24, 2.45) is 0 Å². The van der Waals surface area contributed by atoms with Crippen molar-refractivity contribution in [3.8, 4) is 10.6 Å². The third kappa shape index (κ3) is 3.85. The molecule has 2 heterocycles. The predicted octanol–water partition coefficient (Wildman–Crippen LogP) is 4.47. The number of aromatic nitrogens is 1. The Balaban J connectivity index is 1.74. The first kappa shape index (κ1) is 20.2. The topological polar surface area (TPSA) is 79.4 Å². The molecule has 0 bridgehead atoms. The lowest BCUT2D eigenvalue weighted by atomic mass is 10.1. The van der Waals surface area contributed by atoms with E-state index in [0.29, 0.717) is 11.3 Å². The number of hydrogen-bond acceptors (Lipinski definition) is 5. The smallest absolute Gasteiger partial charge is 0.256 e. The Morgan fingerprint density at radius 2 is 1.80 bits per heavy atom. The van der Waals surface area contributed by atoms with Crippen LogP contribution in [0.3, 0.4) is 0 Å². The van der Waals surface area contributed by atoms with E-state index >= 15 is 0 Å². The zero-order valence-electron chi connectivity index (χ0n) is 16.4. The fourth-order valence-corrected chi connectivity index (χ4v) is 4.69. The summed E-state index contributed by atoms with van der Waals surface area (Å²) in [5.74, 6) is -0.328. The second kappa shape index (κ2) is 7.98. The molecule has 6 nitrogen and oxygen atoms in total. The zero-order valence-corrected chi connectivity index (χ0v) is 18.0. The van der Waals surface area contributed by atoms with Crippen LogP contribution in [0.15, 0.2) is 77.0 Å². The summed E-state index contributed by atoms with van der Waals surface area (Å²) in [5, 5.41) is 5.52. The molecule has 4 aromatic rings. The number of hydrogen-bond donors (Lipinski definition) is 1. The van der Waals surface area contributed by atoms with E-state index < -0.39 is 10.0 Å². The molecule has 1 amide bonds. The van der Waals surface area contributed by atoms with Crippen LogP contribution in [0.2, 0.25) is 0 Å². The van der Waals surface area contributed by atoms with Crippen LogP contribution in [-0.4, -0.2) is 37.7 Å². The average Bonchev–Trinajstić information content (AvgIpc) is 3.28. The maximum atomic E-state index is 13.1. The Hall–Kier alpha value is -3.07. The summed E-state index contributed by atoms with van der Waals surface area (Å²) < 4.78 is 25.9. The molecule has 0 saturated heterocycles. The molecule has 2 aromatic carbocycles. The Labute approximate surface area is 178 Å². The van der Waals surface area contributed by atoms with E-state index in [1.807, 2.05) is 41.8 Å². The second-order valence-electron chi connectivity index (χ2n) is 6.82. The SMILES string of the molecule is CN(C)S(=O)(=O)c1cccc(NC(=O)c2cc(-c3cccs3)nc3ccccc23)c1. The van der Waals surface area contributed by atoms with Gasteiger partial charge in [0.15, 0.2) is 0 Å². The van der Waals surface area contributed by atoms with Crippen molar-refractivity contribution in [3.05, 3.63) is 77.7 Å². The summed E-state index contributed by atoms with van der Waals surface area (Å²) in [6.45, 7) is 0. The predicted molar refractivity (Wildman–Crippen MR) is 120 cm³/mol. The molecule has 4 rings (SSSR count). The van der Waals surface area contributed by atoms with E-state index in [0.717, 1.165) is 25.8 Å². The molecule has 0 aliphatic rings. The van der Waals surface area contributed by atoms with Crippen LogP contribution in [0.4, 0.5) is 5.69 Å². The number of fused-ring (bicyclic) bond motifs is 1. The molecule has 0 fully saturated rings. The highest BCUT2D eigenvalue weighted by Gasteiger charge is 2.19. The van der Waals surface area contributed by atoms with Crippen molar-refractivity contribution in [3.63, 3.8) is 0 Å². The lowest BCUT2D eigenvalue weighted by molar-refractivity contribution is 0.102. The highest BCUT2D eigenvalue weighted by atomic mass is 32.2. The fourth-order valence-electron chi connectivity index (χ4n) is 3.06. The summed E-state index contributed by atoms with van der Waals surface area (Å²) in [6, 6.07) is 19.3. The summed E-state index contributed by atoms with van der Waals surface area (Å²) in [5.41, 5.74) is 2.32. The number of sulfonamides is 1. The van der Waals surface area contributed by atoms with Crippen LogP contribution in [-0.2, 0) is 10.0 Å². The van der Waals surface area contributed by atoms with Gasteiger partial charge in [0, 0.05) is 25.2 Å². The summed E-state index contributed by atoms with van der Waals surface area (Å²) in [6.07, 6.45) is 0. The molecule has 8 heteroatoms. The molecule has 0 aliphatic heterocycles. The van der Waals surface area contributed by atoms with E-state index in [1.165, 1.54) is 26.2 Å². The lowest BCUT2D eigenvalue weighted by Gasteiger charge is -2.13. The molecule has 2 aromatic heterocycles. The molecule has 30 heavy (non-hydrogen) atoms. The number of thiophene rings is 1. The fraction of sp³-hybridized carbons (Fsp3) is 0.0909. The monoisotopic (exact) mass is 437 g/mol. The van der Waals surface area contributed by atoms with Crippen molar-refractivity contribution >= 4 is 43.9 Å². The van der Waals surface area contributed by atoms with Crippen LogP contribution in [0.5, 0.6) is 0 Å². The van der Waals surface area contributed by atoms with Gasteiger partial charge in [-0.3, -0.25) is 4.79 Å². The summed E-state index contributed by atoms with van der Waals surface area (Å²) >= 11 is 1.55. The highest BCUT2D eigenvalue weighted by molar-refractivity contribution is 7.89. The van der Waals surface area contributed by atoms with Gasteiger partial charge >= 0.3 is 0 Å². The first-order valence-corrected chi connectivity index (χ1v) is 11.5. The number of rotatable bonds is 5. The Kier molecular flexibility index (Phi) is 5.38. The van der Waals surface area contributed by atoms with Crippen LogP contribution in [0.1, 0.15) is 10.4 Å². The molecule has 0 unspecified atom stereocenters. The summed E-state index contributed by atoms with van der Waals surface area (Å²) in [4.78, 5) is 18.9. The van der Waals surface area contributed by atoms with Gasteiger partial charge in [0.1, 0.15) is 0 Å². The van der Waals surface area contributed by atoms with Crippen molar-refractivity contribution in [2.75, 3.05) is 19.4 Å². The number of benzene rings is 2. The minimum Gasteiger partial charge on any atom is -0.322 e. The van der Waals surface area contributed by atoms with Gasteiger partial charge in [-0.1, -0.05) is 30.3 Å². The van der Waals surface area contributed by atoms with Gasteiger partial charge in [0.05, 0.1) is 26.5 Å². The molecule has 0 atom stereocenters. The number of pyridine rings is 1. The number of amides is 1. The lowest BCUT2D eigenvalue weighted by Crippen LogP contribution is -2.22. The van der Waals surface area contributed by atoms with Gasteiger partial charge in [-0.15, -0.1) is 11.3 Å². The van der Waals surface area contributed by atoms with Crippen LogP contribution >= 0.6 is 11.3 Å². The van der Waals surface area contributed by atoms with Gasteiger partial charge in [0.25, 0.3) is 5.91 Å². The second-order valence-corrected chi connectivity index (χ2v) is 9.92. The van der Waals surface area contributed by atoms with Crippen LogP contribution < -0.4 is 5.32 Å². The van der Waals surface area contributed by atoms with Crippen molar-refractivity contribution in [2.45, 2.75) is 4.90 Å². The highest BCUT2D eigenvalue weighted by Crippen LogP contribution is 2.28. The largest absolute Gasteiger partial charge is 0.322 e. The Bertz CT molecular complexity index is 1330. The number of carbonyl (C=O) groups excluding carboxylic acids is 1. The van der Waals surface area contributed by atoms with Gasteiger partial charge in [-0.2, -0.15) is 0 Å². The minimum absolute atomic E-state index is 0.115. The third-order valence-corrected chi connectivity index (χ3v) is 7.31. The van der Waals surface area contributed by atoms with E-state index in [4.69, 9.17) is 0 Å². The maximum Gasteiger partial charge on any atom is 0.256 e. The standard InChI is InChI=1S/C22H19N3O3S2/c1-25(2)30(27,28)16-8-5-7-15(13-16)23-22(26)18-14-20(21-11-6-12-29-21)24-19-10-4-3-9-17(18)19/h3-14H,1-2H3,(H,23,26). The maximum absolute atomic E-state index is 13.1. The molecular weight excluding hydrogens is 418 g/mol. The molecule has 0 radical (unpaired) electrons. The first-order valence-electron chi connectivity index (χ1n) is 9.14. The van der Waals surface area contributed by atoms with Crippen molar-refractivity contribution in [1.29, 1.82) is 0 Å². The molecule has 0 aliphatic carbocycles. The molecule has 1 N–H and O–H groups in total. The zero-order chi connectivity index (χ0) is 21.3. The molecule has 0 spiro atoms. The number of anilines is 1. The quantitative estimate of drug-likeness (QED) is 0.500. The van der Waals surface area contributed by atoms with Crippen molar-refractivity contribution < 1.29 is 13.2 Å². The van der Waals surface area contributed by atoms with Crippen LogP contribution in [0, 0.1) is 0 Å². The average molecular weight is 438 g/mol. The summed E-state index contributed by atoms with van der Waals surface area (Å²) in [7, 11) is -0.661.